The van der Waals surface area contributed by atoms with E-state index in [-0.39, 0.29) is 19.4 Å². The molecule has 11 heteroatoms. The zero-order valence-electron chi connectivity index (χ0n) is 48.3. The largest absolute Gasteiger partial charge is 0.454 e. The second-order valence-corrected chi connectivity index (χ2v) is 20.4. The number of aliphatic hydroxyl groups excluding tert-OH is 5. The Kier molecular flexibility index (Phi) is 48.7. The van der Waals surface area contributed by atoms with E-state index in [2.05, 4.69) is 99.0 Å². The van der Waals surface area contributed by atoms with E-state index in [1.807, 2.05) is 42.5 Å². The van der Waals surface area contributed by atoms with Crippen LogP contribution in [-0.2, 0) is 23.8 Å². The maximum atomic E-state index is 13.4. The number of carbonyl (C=O) groups excluding carboxylic acids is 2. The normalized spacial score (nSPS) is 19.9. The highest BCUT2D eigenvalue weighted by molar-refractivity contribution is 5.80. The van der Waals surface area contributed by atoms with Gasteiger partial charge in [-0.05, 0) is 89.9 Å². The molecule has 0 bridgehead atoms. The van der Waals surface area contributed by atoms with Crippen molar-refractivity contribution in [2.45, 2.75) is 269 Å². The zero-order chi connectivity index (χ0) is 56.1. The van der Waals surface area contributed by atoms with E-state index < -0.39 is 67.4 Å². The summed E-state index contributed by atoms with van der Waals surface area (Å²) in [5.41, 5.74) is 0. The topological polar surface area (TPSA) is 175 Å². The van der Waals surface area contributed by atoms with Crippen LogP contribution in [0, 0.1) is 0 Å². The summed E-state index contributed by atoms with van der Waals surface area (Å²) >= 11 is 0. The van der Waals surface area contributed by atoms with Crippen molar-refractivity contribution >= 4 is 11.9 Å². The number of allylic oxidation sites excluding steroid dienone is 19. The van der Waals surface area contributed by atoms with Gasteiger partial charge in [-0.2, -0.15) is 0 Å². The number of carbonyl (C=O) groups is 2. The molecule has 438 valence electrons. The van der Waals surface area contributed by atoms with Crippen LogP contribution in [0.1, 0.15) is 220 Å². The predicted octanol–water partition coefficient (Wildman–Crippen LogP) is 14.3. The molecular weight excluding hydrogens is 967 g/mol. The first kappa shape index (κ1) is 71.1. The molecule has 1 aliphatic heterocycles. The fourth-order valence-electron chi connectivity index (χ4n) is 8.69. The number of nitrogens with one attached hydrogen (secondary N) is 1. The summed E-state index contributed by atoms with van der Waals surface area (Å²) in [5.74, 6) is -1.25. The Morgan fingerprint density at radius 3 is 1.56 bits per heavy atom. The number of amides is 1. The quantitative estimate of drug-likeness (QED) is 0.0149. The van der Waals surface area contributed by atoms with Crippen molar-refractivity contribution in [1.29, 1.82) is 0 Å². The van der Waals surface area contributed by atoms with Crippen molar-refractivity contribution in [3.63, 3.8) is 0 Å². The van der Waals surface area contributed by atoms with E-state index in [0.717, 1.165) is 116 Å². The molecule has 0 radical (unpaired) electrons. The molecule has 1 rings (SSSR count). The molecule has 1 fully saturated rings. The highest BCUT2D eigenvalue weighted by atomic mass is 16.7. The van der Waals surface area contributed by atoms with E-state index in [1.165, 1.54) is 57.8 Å². The van der Waals surface area contributed by atoms with Crippen LogP contribution >= 0.6 is 0 Å². The summed E-state index contributed by atoms with van der Waals surface area (Å²) in [7, 11) is 0. The molecule has 0 aromatic carbocycles. The molecule has 11 nitrogen and oxygen atoms in total. The molecular formula is C66H109NO10. The van der Waals surface area contributed by atoms with Gasteiger partial charge in [-0.3, -0.25) is 9.59 Å². The Morgan fingerprint density at radius 2 is 1.00 bits per heavy atom. The monoisotopic (exact) mass is 1080 g/mol. The van der Waals surface area contributed by atoms with Crippen molar-refractivity contribution < 1.29 is 49.3 Å². The maximum Gasteiger partial charge on any atom is 0.306 e. The number of esters is 1. The summed E-state index contributed by atoms with van der Waals surface area (Å²) in [4.78, 5) is 26.5. The van der Waals surface area contributed by atoms with Gasteiger partial charge in [0.05, 0.1) is 25.4 Å². The first-order valence-corrected chi connectivity index (χ1v) is 30.4. The van der Waals surface area contributed by atoms with Crippen LogP contribution in [-0.4, -0.2) is 99.6 Å². The summed E-state index contributed by atoms with van der Waals surface area (Å²) in [5, 5.41) is 56.9. The van der Waals surface area contributed by atoms with Gasteiger partial charge in [-0.25, -0.2) is 0 Å². The number of ether oxygens (including phenoxy) is 3. The molecule has 6 N–H and O–H groups in total. The average molecular weight is 1080 g/mol. The molecule has 8 unspecified atom stereocenters. The summed E-state index contributed by atoms with van der Waals surface area (Å²) in [6.45, 7) is 5.48. The lowest BCUT2D eigenvalue weighted by Gasteiger charge is -2.41. The predicted molar refractivity (Wildman–Crippen MR) is 319 cm³/mol. The molecule has 1 heterocycles. The minimum atomic E-state index is -1.64. The molecule has 0 aromatic heterocycles. The number of aliphatic hydroxyl groups is 5. The summed E-state index contributed by atoms with van der Waals surface area (Å²) < 4.78 is 17.5. The highest BCUT2D eigenvalue weighted by Crippen LogP contribution is 2.26. The summed E-state index contributed by atoms with van der Waals surface area (Å²) in [6, 6.07) is -1.04. The minimum absolute atomic E-state index is 0.0706. The van der Waals surface area contributed by atoms with Crippen LogP contribution < -0.4 is 5.32 Å². The van der Waals surface area contributed by atoms with E-state index in [1.54, 1.807) is 6.08 Å². The number of rotatable bonds is 49. The Balaban J connectivity index is 2.66. The van der Waals surface area contributed by atoms with Gasteiger partial charge < -0.3 is 45.1 Å². The van der Waals surface area contributed by atoms with Crippen LogP contribution in [0.25, 0.3) is 0 Å². The second kappa shape index (κ2) is 52.7. The lowest BCUT2D eigenvalue weighted by atomic mass is 9.99. The Morgan fingerprint density at radius 1 is 0.532 bits per heavy atom. The lowest BCUT2D eigenvalue weighted by Crippen LogP contribution is -2.61. The first-order valence-electron chi connectivity index (χ1n) is 30.4. The molecule has 0 saturated carbocycles. The van der Waals surface area contributed by atoms with Crippen LogP contribution in [0.15, 0.2) is 122 Å². The maximum absolute atomic E-state index is 13.4. The summed E-state index contributed by atoms with van der Waals surface area (Å²) in [6.07, 6.45) is 62.5. The fourth-order valence-corrected chi connectivity index (χ4v) is 8.69. The first-order chi connectivity index (χ1) is 37.7. The standard InChI is InChI=1S/C66H109NO10/c1-4-7-10-13-16-19-22-24-25-26-27-28-29-30-31-32-33-34-36-38-41-44-47-50-53-59(70)65(74)67-57(58(69)52-49-46-43-40-37-21-18-15-12-9-6-3)56-75-66-64(63(73)62(72)60(55-68)76-66)77-61(71)54-51-48-45-42-39-35-23-20-17-14-11-8-5-2/h7-8,10-11,14,16-17,19-20,23-25,27-28,30-31,35,39,49,52,57-60,62-64,66,68-70,72-73H,4-6,9,12-13,15,18,21-22,26,29,32-34,36-38,40-48,50-51,53-56H2,1-3H3,(H,67,74)/b10-7-,11-8+,17-14+,19-16-,23-20-,25-24-,28-27-,31-30-,39-35-,52-49+. The Bertz CT molecular complexity index is 1710. The van der Waals surface area contributed by atoms with Crippen molar-refractivity contribution in [2.24, 2.45) is 0 Å². The Hall–Kier alpha value is -3.94. The molecule has 1 saturated heterocycles. The molecule has 77 heavy (non-hydrogen) atoms. The molecule has 1 aliphatic rings. The van der Waals surface area contributed by atoms with Gasteiger partial charge in [0.15, 0.2) is 12.4 Å². The van der Waals surface area contributed by atoms with Crippen molar-refractivity contribution in [3.8, 4) is 0 Å². The zero-order valence-corrected chi connectivity index (χ0v) is 48.3. The van der Waals surface area contributed by atoms with Crippen LogP contribution in [0.4, 0.5) is 0 Å². The van der Waals surface area contributed by atoms with Gasteiger partial charge in [0, 0.05) is 6.42 Å². The molecule has 1 amide bonds. The van der Waals surface area contributed by atoms with Gasteiger partial charge in [0.1, 0.15) is 24.4 Å². The van der Waals surface area contributed by atoms with Gasteiger partial charge in [-0.15, -0.1) is 0 Å². The second-order valence-electron chi connectivity index (χ2n) is 20.4. The van der Waals surface area contributed by atoms with E-state index in [9.17, 15) is 35.1 Å². The van der Waals surface area contributed by atoms with Gasteiger partial charge in [0.25, 0.3) is 0 Å². The van der Waals surface area contributed by atoms with Crippen LogP contribution in [0.3, 0.4) is 0 Å². The fraction of sp³-hybridized carbons (Fsp3) is 0.667. The number of unbranched alkanes of at least 4 members (excludes halogenated alkanes) is 20. The lowest BCUT2D eigenvalue weighted by molar-refractivity contribution is -0.305. The van der Waals surface area contributed by atoms with Gasteiger partial charge in [-0.1, -0.05) is 245 Å². The van der Waals surface area contributed by atoms with Crippen molar-refractivity contribution in [2.75, 3.05) is 13.2 Å². The SMILES string of the molecule is CC/C=C\C/C=C\C/C=C\C/C=C\C/C=C\CCCCCCCCCCC(O)C(=O)NC(COC1OC(CO)C(O)C(O)C1OC(=O)CCCCC\C=C/C=C\C=C\C=C\CC)C(O)/C=C/CCCCCCCCCCC. The Labute approximate surface area is 468 Å². The van der Waals surface area contributed by atoms with E-state index >= 15 is 0 Å². The third-order valence-electron chi connectivity index (χ3n) is 13.5. The molecule has 8 atom stereocenters. The average Bonchev–Trinajstić information content (AvgIpc) is 3.44. The molecule has 0 spiro atoms. The molecule has 0 aliphatic carbocycles. The van der Waals surface area contributed by atoms with Crippen molar-refractivity contribution in [1.82, 2.24) is 5.32 Å². The molecule has 0 aromatic rings. The van der Waals surface area contributed by atoms with Crippen molar-refractivity contribution in [3.05, 3.63) is 122 Å². The number of hydrogen-bond acceptors (Lipinski definition) is 10. The smallest absolute Gasteiger partial charge is 0.306 e. The highest BCUT2D eigenvalue weighted by Gasteiger charge is 2.47. The van der Waals surface area contributed by atoms with Gasteiger partial charge in [0.2, 0.25) is 5.91 Å². The van der Waals surface area contributed by atoms with Crippen LogP contribution in [0.2, 0.25) is 0 Å². The van der Waals surface area contributed by atoms with Gasteiger partial charge >= 0.3 is 5.97 Å². The minimum Gasteiger partial charge on any atom is -0.454 e. The van der Waals surface area contributed by atoms with Crippen LogP contribution in [0.5, 0.6) is 0 Å². The van der Waals surface area contributed by atoms with E-state index in [0.29, 0.717) is 12.8 Å². The third-order valence-corrected chi connectivity index (χ3v) is 13.5. The van der Waals surface area contributed by atoms with E-state index in [4.69, 9.17) is 14.2 Å². The third kappa shape index (κ3) is 40.8. The number of hydrogen-bond donors (Lipinski definition) is 6.